The molecule has 0 amide bonds. The third-order valence-electron chi connectivity index (χ3n) is 11.6. The quantitative estimate of drug-likeness (QED) is 0.0760. The summed E-state index contributed by atoms with van der Waals surface area (Å²) in [6, 6.07) is 32.8. The number of hydrogen-bond donors (Lipinski definition) is 5. The number of anilines is 2. The number of piperazine rings is 2. The molecule has 2 fully saturated rings. The summed E-state index contributed by atoms with van der Waals surface area (Å²) in [7, 11) is 0. The lowest BCUT2D eigenvalue weighted by Crippen LogP contribution is -2.53. The van der Waals surface area contributed by atoms with Gasteiger partial charge in [-0.2, -0.15) is 0 Å². The van der Waals surface area contributed by atoms with Crippen LogP contribution in [0.25, 0.3) is 22.5 Å². The summed E-state index contributed by atoms with van der Waals surface area (Å²) >= 11 is 0. The summed E-state index contributed by atoms with van der Waals surface area (Å²) in [6.07, 6.45) is 4.65. The average Bonchev–Trinajstić information content (AvgIpc) is 3.29. The Labute approximate surface area is 357 Å². The summed E-state index contributed by atoms with van der Waals surface area (Å²) in [4.78, 5) is 26.6. The predicted octanol–water partition coefficient (Wildman–Crippen LogP) is 6.64. The molecule has 0 spiro atoms. The fraction of sp³-hybridized carbons (Fsp3) is 0.333. The molecule has 13 heteroatoms. The zero-order chi connectivity index (χ0) is 42.1. The lowest BCUT2D eigenvalue weighted by Gasteiger charge is -2.42. The smallest absolute Gasteiger partial charge is 0.227 e. The Morgan fingerprint density at radius 1 is 0.803 bits per heavy atom. The molecule has 4 aromatic carbocycles. The van der Waals surface area contributed by atoms with Crippen LogP contribution in [-0.4, -0.2) is 104 Å². The van der Waals surface area contributed by atoms with Gasteiger partial charge in [0.05, 0.1) is 11.4 Å². The topological polar surface area (TPSA) is 138 Å². The molecule has 316 valence electrons. The molecule has 0 saturated carbocycles. The number of phenolic OH excluding ortho intramolecular Hbond substituents is 2. The molecule has 1 unspecified atom stereocenters. The van der Waals surface area contributed by atoms with E-state index in [0.717, 1.165) is 85.7 Å². The summed E-state index contributed by atoms with van der Waals surface area (Å²) in [5, 5.41) is 30.1. The fourth-order valence-electron chi connectivity index (χ4n) is 8.26. The average molecular weight is 823 g/mol. The van der Waals surface area contributed by atoms with Crippen molar-refractivity contribution in [3.8, 4) is 34.0 Å². The van der Waals surface area contributed by atoms with E-state index < -0.39 is 0 Å². The highest BCUT2D eigenvalue weighted by atomic mass is 19.1. The van der Waals surface area contributed by atoms with Gasteiger partial charge in [0, 0.05) is 94.5 Å². The van der Waals surface area contributed by atoms with Crippen molar-refractivity contribution in [1.82, 2.24) is 40.4 Å². The minimum absolute atomic E-state index is 0.220. The van der Waals surface area contributed by atoms with E-state index >= 15 is 4.39 Å². The molecule has 12 nitrogen and oxygen atoms in total. The van der Waals surface area contributed by atoms with Crippen molar-refractivity contribution in [2.45, 2.75) is 51.5 Å². The Hall–Kier alpha value is -5.99. The first-order valence-electron chi connectivity index (χ1n) is 21.3. The van der Waals surface area contributed by atoms with Crippen molar-refractivity contribution in [2.75, 3.05) is 62.6 Å². The van der Waals surface area contributed by atoms with Crippen LogP contribution in [0.1, 0.15) is 42.3 Å². The standard InChI is InChI=1S/C48H55FN10O2/c1-33-31-58(34(2)30-54-33)32-37-10-15-43(49)42(28-37)45-18-22-53-48(56-45)59(25-19-36-8-13-41(61)14-9-36)46(57-26-23-50-24-27-57)39-5-3-4-38(29-39)44-17-21-52-47(55-44)51-20-16-35-6-11-40(60)12-7-35/h3-15,17-18,21-22,28-29,33-34,46,50,54,60-61H,16,19-20,23-27,30-32H2,1-2H3,(H,51,52,55)/t33-,34-,46?/m1/s1. The molecular formula is C48H55FN10O2. The molecule has 5 N–H and O–H groups in total. The summed E-state index contributed by atoms with van der Waals surface area (Å²) < 4.78 is 15.9. The normalized spacial score (nSPS) is 17.8. The van der Waals surface area contributed by atoms with Crippen LogP contribution in [0.15, 0.2) is 116 Å². The van der Waals surface area contributed by atoms with E-state index in [1.807, 2.05) is 42.5 Å². The number of hydrogen-bond acceptors (Lipinski definition) is 12. The minimum atomic E-state index is -0.323. The highest BCUT2D eigenvalue weighted by molar-refractivity contribution is 5.64. The van der Waals surface area contributed by atoms with Crippen molar-refractivity contribution >= 4 is 11.9 Å². The highest BCUT2D eigenvalue weighted by Gasteiger charge is 2.31. The van der Waals surface area contributed by atoms with Crippen LogP contribution in [0.2, 0.25) is 0 Å². The molecule has 0 aliphatic carbocycles. The molecule has 0 bridgehead atoms. The second-order valence-corrected chi connectivity index (χ2v) is 16.1. The van der Waals surface area contributed by atoms with Gasteiger partial charge in [0.1, 0.15) is 23.5 Å². The zero-order valence-corrected chi connectivity index (χ0v) is 34.9. The van der Waals surface area contributed by atoms with E-state index in [1.165, 1.54) is 0 Å². The summed E-state index contributed by atoms with van der Waals surface area (Å²) in [5.74, 6) is 1.18. The van der Waals surface area contributed by atoms with Crippen LogP contribution in [0.4, 0.5) is 16.3 Å². The van der Waals surface area contributed by atoms with Gasteiger partial charge in [0.2, 0.25) is 11.9 Å². The Morgan fingerprint density at radius 3 is 2.28 bits per heavy atom. The number of nitrogens with zero attached hydrogens (tertiary/aromatic N) is 7. The number of phenols is 2. The Kier molecular flexibility index (Phi) is 13.4. The van der Waals surface area contributed by atoms with Crippen LogP contribution in [0.3, 0.4) is 0 Å². The zero-order valence-electron chi connectivity index (χ0n) is 34.9. The Balaban J connectivity index is 1.12. The molecule has 2 aliphatic heterocycles. The SMILES string of the molecule is C[C@@H]1CN(Cc2ccc(F)c(-c3ccnc(N(CCc4ccc(O)cc4)C(c4cccc(-c5ccnc(NCCc6ccc(O)cc6)n5)c4)N4CCNCC4)n3)c2)[C@H](C)CN1. The second-order valence-electron chi connectivity index (χ2n) is 16.1. The van der Waals surface area contributed by atoms with Crippen LogP contribution >= 0.6 is 0 Å². The largest absolute Gasteiger partial charge is 0.508 e. The van der Waals surface area contributed by atoms with Crippen molar-refractivity contribution < 1.29 is 14.6 Å². The van der Waals surface area contributed by atoms with E-state index in [0.29, 0.717) is 54.7 Å². The van der Waals surface area contributed by atoms with Crippen molar-refractivity contribution in [3.05, 3.63) is 144 Å². The maximum absolute atomic E-state index is 15.9. The summed E-state index contributed by atoms with van der Waals surface area (Å²) in [5.41, 5.74) is 6.97. The molecule has 6 aromatic rings. The molecule has 8 rings (SSSR count). The van der Waals surface area contributed by atoms with Gasteiger partial charge in [-0.25, -0.2) is 24.3 Å². The first-order chi connectivity index (χ1) is 29.8. The maximum Gasteiger partial charge on any atom is 0.227 e. The number of aromatic nitrogens is 4. The number of rotatable bonds is 15. The molecule has 3 atom stereocenters. The van der Waals surface area contributed by atoms with Crippen LogP contribution in [0.5, 0.6) is 11.5 Å². The van der Waals surface area contributed by atoms with Crippen molar-refractivity contribution in [2.24, 2.45) is 0 Å². The van der Waals surface area contributed by atoms with Crippen LogP contribution in [-0.2, 0) is 19.4 Å². The molecule has 2 aliphatic rings. The highest BCUT2D eigenvalue weighted by Crippen LogP contribution is 2.33. The van der Waals surface area contributed by atoms with Gasteiger partial charge in [-0.15, -0.1) is 0 Å². The van der Waals surface area contributed by atoms with E-state index in [1.54, 1.807) is 48.8 Å². The van der Waals surface area contributed by atoms with Gasteiger partial charge in [-0.05, 0) is 104 Å². The lowest BCUT2D eigenvalue weighted by atomic mass is 10.0. The number of halogens is 1. The number of benzene rings is 4. The molecule has 2 saturated heterocycles. The van der Waals surface area contributed by atoms with E-state index in [-0.39, 0.29) is 23.5 Å². The maximum atomic E-state index is 15.9. The molecule has 61 heavy (non-hydrogen) atoms. The van der Waals surface area contributed by atoms with Gasteiger partial charge in [-0.1, -0.05) is 48.5 Å². The predicted molar refractivity (Wildman–Crippen MR) is 239 cm³/mol. The van der Waals surface area contributed by atoms with Crippen LogP contribution in [0, 0.1) is 5.82 Å². The van der Waals surface area contributed by atoms with E-state index in [2.05, 4.69) is 73.7 Å². The Bertz CT molecular complexity index is 2360. The number of aromatic hydroxyl groups is 2. The molecular weight excluding hydrogens is 768 g/mol. The van der Waals surface area contributed by atoms with Gasteiger partial charge in [0.25, 0.3) is 0 Å². The van der Waals surface area contributed by atoms with Gasteiger partial charge in [-0.3, -0.25) is 9.80 Å². The molecule has 2 aromatic heterocycles. The van der Waals surface area contributed by atoms with Crippen molar-refractivity contribution in [3.63, 3.8) is 0 Å². The Morgan fingerprint density at radius 2 is 1.51 bits per heavy atom. The van der Waals surface area contributed by atoms with E-state index in [9.17, 15) is 10.2 Å². The first-order valence-corrected chi connectivity index (χ1v) is 21.3. The van der Waals surface area contributed by atoms with Gasteiger partial charge >= 0.3 is 0 Å². The minimum Gasteiger partial charge on any atom is -0.508 e. The number of nitrogens with one attached hydrogen (secondary N) is 3. The van der Waals surface area contributed by atoms with Gasteiger partial charge < -0.3 is 31.1 Å². The van der Waals surface area contributed by atoms with Gasteiger partial charge in [0.15, 0.2) is 0 Å². The third-order valence-corrected chi connectivity index (χ3v) is 11.6. The summed E-state index contributed by atoms with van der Waals surface area (Å²) in [6.45, 7) is 11.4. The second kappa shape index (κ2) is 19.6. The molecule has 0 radical (unpaired) electrons. The monoisotopic (exact) mass is 822 g/mol. The third kappa shape index (κ3) is 10.7. The molecule has 4 heterocycles. The fourth-order valence-corrected chi connectivity index (χ4v) is 8.26. The first kappa shape index (κ1) is 41.7. The van der Waals surface area contributed by atoms with Crippen LogP contribution < -0.4 is 20.9 Å². The van der Waals surface area contributed by atoms with Crippen molar-refractivity contribution in [1.29, 1.82) is 0 Å². The van der Waals surface area contributed by atoms with E-state index in [4.69, 9.17) is 15.0 Å². The lowest BCUT2D eigenvalue weighted by molar-refractivity contribution is 0.139.